The molecule has 4 heteroatoms. The first-order valence-electron chi connectivity index (χ1n) is 7.97. The summed E-state index contributed by atoms with van der Waals surface area (Å²) in [6, 6.07) is 12.2. The molecule has 1 amide bonds. The van der Waals surface area contributed by atoms with Crippen LogP contribution in [0.4, 0.5) is 4.39 Å². The van der Waals surface area contributed by atoms with Crippen molar-refractivity contribution in [2.45, 2.75) is 32.4 Å². The molecular formula is C19H21FN2O. The molecule has 120 valence electrons. The first kappa shape index (κ1) is 15.7. The molecule has 0 aliphatic heterocycles. The lowest BCUT2D eigenvalue weighted by molar-refractivity contribution is 0.0919. The number of benzene rings is 2. The Morgan fingerprint density at radius 3 is 2.70 bits per heavy atom. The minimum atomic E-state index is -0.180. The maximum atomic E-state index is 14.0. The molecule has 3 N–H and O–H groups in total. The van der Waals surface area contributed by atoms with Gasteiger partial charge in [0.05, 0.1) is 6.04 Å². The van der Waals surface area contributed by atoms with E-state index in [0.717, 1.165) is 29.5 Å². The van der Waals surface area contributed by atoms with E-state index in [0.29, 0.717) is 12.1 Å². The van der Waals surface area contributed by atoms with Crippen LogP contribution >= 0.6 is 0 Å². The second kappa shape index (κ2) is 6.50. The summed E-state index contributed by atoms with van der Waals surface area (Å²) >= 11 is 0. The highest BCUT2D eigenvalue weighted by Gasteiger charge is 2.29. The van der Waals surface area contributed by atoms with Crippen LogP contribution in [0.2, 0.25) is 0 Å². The monoisotopic (exact) mass is 312 g/mol. The predicted molar refractivity (Wildman–Crippen MR) is 88.4 cm³/mol. The summed E-state index contributed by atoms with van der Waals surface area (Å²) in [4.78, 5) is 12.5. The Bertz CT molecular complexity index is 712. The molecule has 23 heavy (non-hydrogen) atoms. The second-order valence-corrected chi connectivity index (χ2v) is 6.18. The summed E-state index contributed by atoms with van der Waals surface area (Å²) in [5, 5.41) is 3.07. The van der Waals surface area contributed by atoms with E-state index >= 15 is 0 Å². The van der Waals surface area contributed by atoms with Crippen LogP contribution in [-0.4, -0.2) is 5.91 Å². The summed E-state index contributed by atoms with van der Waals surface area (Å²) in [6.07, 6.45) is 1.59. The van der Waals surface area contributed by atoms with Crippen LogP contribution in [0.1, 0.15) is 46.4 Å². The number of nitrogens with two attached hydrogens (primary N) is 1. The molecule has 0 heterocycles. The predicted octanol–water partition coefficient (Wildman–Crippen LogP) is 3.34. The fourth-order valence-corrected chi connectivity index (χ4v) is 3.21. The topological polar surface area (TPSA) is 55.1 Å². The van der Waals surface area contributed by atoms with Crippen molar-refractivity contribution < 1.29 is 9.18 Å². The van der Waals surface area contributed by atoms with Crippen LogP contribution in [0, 0.1) is 11.7 Å². The third-order valence-electron chi connectivity index (χ3n) is 4.65. The highest BCUT2D eigenvalue weighted by molar-refractivity contribution is 5.94. The van der Waals surface area contributed by atoms with Gasteiger partial charge in [-0.1, -0.05) is 31.2 Å². The van der Waals surface area contributed by atoms with E-state index in [1.807, 2.05) is 18.2 Å². The molecule has 2 aromatic rings. The van der Waals surface area contributed by atoms with Crippen LogP contribution in [0.5, 0.6) is 0 Å². The Morgan fingerprint density at radius 1 is 1.26 bits per heavy atom. The maximum Gasteiger partial charge on any atom is 0.251 e. The number of fused-ring (bicyclic) bond motifs is 1. The normalized spacial score (nSPS) is 20.0. The van der Waals surface area contributed by atoms with Crippen molar-refractivity contribution in [1.82, 2.24) is 5.32 Å². The van der Waals surface area contributed by atoms with E-state index in [1.165, 1.54) is 6.07 Å². The number of hydrogen-bond donors (Lipinski definition) is 2. The summed E-state index contributed by atoms with van der Waals surface area (Å²) < 4.78 is 14.0. The molecule has 0 aromatic heterocycles. The third-order valence-corrected chi connectivity index (χ3v) is 4.65. The molecule has 0 saturated carbocycles. The van der Waals surface area contributed by atoms with Crippen molar-refractivity contribution in [2.75, 3.05) is 0 Å². The smallest absolute Gasteiger partial charge is 0.251 e. The molecule has 2 aromatic carbocycles. The van der Waals surface area contributed by atoms with Crippen LogP contribution in [0.25, 0.3) is 0 Å². The van der Waals surface area contributed by atoms with Crippen LogP contribution in [0.3, 0.4) is 0 Å². The lowest BCUT2D eigenvalue weighted by Gasteiger charge is -2.32. The van der Waals surface area contributed by atoms with E-state index in [-0.39, 0.29) is 23.7 Å². The van der Waals surface area contributed by atoms with E-state index in [4.69, 9.17) is 5.73 Å². The van der Waals surface area contributed by atoms with E-state index in [9.17, 15) is 9.18 Å². The fraction of sp³-hybridized carbons (Fsp3) is 0.316. The minimum Gasteiger partial charge on any atom is -0.345 e. The number of halogens is 1. The molecular weight excluding hydrogens is 291 g/mol. The molecule has 1 aliphatic carbocycles. The summed E-state index contributed by atoms with van der Waals surface area (Å²) in [7, 11) is 0. The van der Waals surface area contributed by atoms with E-state index < -0.39 is 0 Å². The Hall–Kier alpha value is -2.20. The van der Waals surface area contributed by atoms with Crippen LogP contribution in [-0.2, 0) is 13.0 Å². The molecule has 0 fully saturated rings. The highest BCUT2D eigenvalue weighted by atomic mass is 19.1. The largest absolute Gasteiger partial charge is 0.345 e. The Labute approximate surface area is 135 Å². The molecule has 3 rings (SSSR count). The second-order valence-electron chi connectivity index (χ2n) is 6.18. The van der Waals surface area contributed by atoms with Gasteiger partial charge in [0.15, 0.2) is 0 Å². The van der Waals surface area contributed by atoms with E-state index in [1.54, 1.807) is 18.2 Å². The summed E-state index contributed by atoms with van der Waals surface area (Å²) in [5.74, 6) is -0.0416. The SMILES string of the molecule is CC1CCc2c(F)cccc2C1NC(=O)c1ccc(CN)cc1. The molecule has 2 atom stereocenters. The zero-order valence-electron chi connectivity index (χ0n) is 13.2. The quantitative estimate of drug-likeness (QED) is 0.913. The van der Waals surface area contributed by atoms with Gasteiger partial charge in [0, 0.05) is 12.1 Å². The van der Waals surface area contributed by atoms with E-state index in [2.05, 4.69) is 12.2 Å². The maximum absolute atomic E-state index is 14.0. The van der Waals surface area contributed by atoms with Gasteiger partial charge in [-0.2, -0.15) is 0 Å². The Balaban J connectivity index is 1.84. The van der Waals surface area contributed by atoms with Gasteiger partial charge >= 0.3 is 0 Å². The molecule has 0 spiro atoms. The highest BCUT2D eigenvalue weighted by Crippen LogP contribution is 2.35. The average Bonchev–Trinajstić information content (AvgIpc) is 2.57. The number of carbonyl (C=O) groups excluding carboxylic acids is 1. The van der Waals surface area contributed by atoms with Crippen molar-refractivity contribution in [2.24, 2.45) is 11.7 Å². The number of carbonyl (C=O) groups is 1. The van der Waals surface area contributed by atoms with Gasteiger partial charge in [-0.05, 0) is 53.6 Å². The average molecular weight is 312 g/mol. The van der Waals surface area contributed by atoms with Crippen molar-refractivity contribution in [3.05, 3.63) is 70.5 Å². The molecule has 3 nitrogen and oxygen atoms in total. The summed E-state index contributed by atoms with van der Waals surface area (Å²) in [6.45, 7) is 2.55. The van der Waals surface area contributed by atoms with Gasteiger partial charge in [-0.25, -0.2) is 4.39 Å². The lowest BCUT2D eigenvalue weighted by Crippen LogP contribution is -2.35. The zero-order chi connectivity index (χ0) is 16.4. The third kappa shape index (κ3) is 3.13. The lowest BCUT2D eigenvalue weighted by atomic mass is 9.80. The number of amides is 1. The Morgan fingerprint density at radius 2 is 2.00 bits per heavy atom. The molecule has 0 saturated heterocycles. The van der Waals surface area contributed by atoms with Gasteiger partial charge in [-0.3, -0.25) is 4.79 Å². The molecule has 0 radical (unpaired) electrons. The zero-order valence-corrected chi connectivity index (χ0v) is 13.2. The molecule has 0 bridgehead atoms. The van der Waals surface area contributed by atoms with Crippen molar-refractivity contribution >= 4 is 5.91 Å². The van der Waals surface area contributed by atoms with Gasteiger partial charge in [0.1, 0.15) is 5.82 Å². The molecule has 2 unspecified atom stereocenters. The van der Waals surface area contributed by atoms with Crippen molar-refractivity contribution in [3.8, 4) is 0 Å². The fourth-order valence-electron chi connectivity index (χ4n) is 3.21. The number of rotatable bonds is 3. The van der Waals surface area contributed by atoms with Gasteiger partial charge < -0.3 is 11.1 Å². The van der Waals surface area contributed by atoms with Crippen molar-refractivity contribution in [1.29, 1.82) is 0 Å². The molecule has 1 aliphatic rings. The van der Waals surface area contributed by atoms with Gasteiger partial charge in [0.2, 0.25) is 0 Å². The van der Waals surface area contributed by atoms with Crippen molar-refractivity contribution in [3.63, 3.8) is 0 Å². The number of nitrogens with one attached hydrogen (secondary N) is 1. The van der Waals surface area contributed by atoms with Crippen LogP contribution < -0.4 is 11.1 Å². The standard InChI is InChI=1S/C19H21FN2O/c1-12-5-10-15-16(3-2-4-17(15)20)18(12)22-19(23)14-8-6-13(11-21)7-9-14/h2-4,6-9,12,18H,5,10-11,21H2,1H3,(H,22,23). The van der Waals surface area contributed by atoms with Gasteiger partial charge in [-0.15, -0.1) is 0 Å². The Kier molecular flexibility index (Phi) is 4.44. The first-order valence-corrected chi connectivity index (χ1v) is 7.97. The number of hydrogen-bond acceptors (Lipinski definition) is 2. The van der Waals surface area contributed by atoms with Crippen LogP contribution in [0.15, 0.2) is 42.5 Å². The van der Waals surface area contributed by atoms with Gasteiger partial charge in [0.25, 0.3) is 5.91 Å². The summed E-state index contributed by atoms with van der Waals surface area (Å²) in [5.41, 5.74) is 8.79. The first-order chi connectivity index (χ1) is 11.1. The minimum absolute atomic E-state index is 0.137.